The van der Waals surface area contributed by atoms with Crippen molar-refractivity contribution < 1.29 is 24.5 Å². The highest BCUT2D eigenvalue weighted by molar-refractivity contribution is 5.28. The van der Waals surface area contributed by atoms with Gasteiger partial charge in [-0.3, -0.25) is 0 Å². The molecule has 0 radical (unpaired) electrons. The maximum Gasteiger partial charge on any atom is 0.172 e. The molecule has 0 amide bonds. The first-order valence-electron chi connectivity index (χ1n) is 6.50. The second-order valence-corrected chi connectivity index (χ2v) is 3.97. The molecule has 1 aliphatic rings. The lowest BCUT2D eigenvalue weighted by Gasteiger charge is -2.03. The summed E-state index contributed by atoms with van der Waals surface area (Å²) in [6, 6.07) is 13.1. The van der Waals surface area contributed by atoms with Crippen LogP contribution in [0, 0.1) is 0 Å². The van der Waals surface area contributed by atoms with Gasteiger partial charge < -0.3 is 17.1 Å². The summed E-state index contributed by atoms with van der Waals surface area (Å²) in [5.74, 6) is 1.27. The molecule has 1 heterocycles. The molecule has 2 nitrogen and oxygen atoms in total. The van der Waals surface area contributed by atoms with E-state index in [0.29, 0.717) is 24.1 Å². The van der Waals surface area contributed by atoms with Crippen LogP contribution in [-0.2, 0) is 0 Å². The van der Waals surface area contributed by atoms with Gasteiger partial charge in [0.25, 0.3) is 0 Å². The van der Waals surface area contributed by atoms with E-state index in [2.05, 4.69) is 0 Å². The zero-order valence-corrected chi connectivity index (χ0v) is 10.0. The largest absolute Gasteiger partial charge is 1.00 e. The summed E-state index contributed by atoms with van der Waals surface area (Å²) in [5.41, 5.74) is 0. The van der Waals surface area contributed by atoms with E-state index < -0.39 is 0 Å². The van der Waals surface area contributed by atoms with Gasteiger partial charge in [0.2, 0.25) is 0 Å². The summed E-state index contributed by atoms with van der Waals surface area (Å²) in [7, 11) is 0. The van der Waals surface area contributed by atoms with E-state index in [1.807, 2.05) is 30.3 Å². The van der Waals surface area contributed by atoms with Crippen molar-refractivity contribution in [3.63, 3.8) is 0 Å². The summed E-state index contributed by atoms with van der Waals surface area (Å²) >= 11 is 0. The zero-order valence-electron chi connectivity index (χ0n) is 11.3. The first-order chi connectivity index (χ1) is 8.74. The summed E-state index contributed by atoms with van der Waals surface area (Å²) in [4.78, 5) is 0. The Morgan fingerprint density at radius 3 is 2.18 bits per heavy atom. The van der Waals surface area contributed by atoms with Crippen molar-refractivity contribution in [3.05, 3.63) is 54.8 Å². The average Bonchev–Trinajstić information content (AvgIpc) is 3.14. The SMILES string of the molecule is [2H]c1cc(Oc2ccccc2)cc([2H])[n+]1C1CC1.[Cl-]. The number of ether oxygens (including phenoxy) is 1. The third kappa shape index (κ3) is 2.98. The number of para-hydroxylation sites is 1. The maximum atomic E-state index is 7.95. The molecule has 3 heteroatoms. The average molecular weight is 250 g/mol. The standard InChI is InChI=1S/C14H14NO.ClH/c1-2-4-13(5-3-1)16-14-8-10-15(11-9-14)12-6-7-12;/h1-5,8-12H,6-7H2;1H/q+1;/p-1/i10D,11D;. The minimum atomic E-state index is 0. The fourth-order valence-electron chi connectivity index (χ4n) is 1.57. The van der Waals surface area contributed by atoms with E-state index in [4.69, 9.17) is 7.48 Å². The lowest BCUT2D eigenvalue weighted by molar-refractivity contribution is -0.700. The highest BCUT2D eigenvalue weighted by atomic mass is 35.5. The Bertz CT molecular complexity index is 550. The molecular formula is C14H14ClNO. The zero-order chi connectivity index (χ0) is 12.5. The van der Waals surface area contributed by atoms with Crippen molar-refractivity contribution in [2.75, 3.05) is 0 Å². The molecule has 1 fully saturated rings. The molecule has 0 atom stereocenters. The van der Waals surface area contributed by atoms with E-state index in [1.54, 1.807) is 16.7 Å². The maximum absolute atomic E-state index is 7.95. The van der Waals surface area contributed by atoms with Crippen molar-refractivity contribution in [2.24, 2.45) is 0 Å². The number of nitrogens with zero attached hydrogens (tertiary/aromatic N) is 1. The van der Waals surface area contributed by atoms with E-state index in [1.165, 1.54) is 0 Å². The molecule has 0 unspecified atom stereocenters. The number of hydrogen-bond acceptors (Lipinski definition) is 1. The first-order valence-corrected chi connectivity index (χ1v) is 5.50. The van der Waals surface area contributed by atoms with Gasteiger partial charge >= 0.3 is 0 Å². The molecule has 0 N–H and O–H groups in total. The van der Waals surface area contributed by atoms with Crippen LogP contribution in [-0.4, -0.2) is 0 Å². The van der Waals surface area contributed by atoms with Crippen LogP contribution >= 0.6 is 0 Å². The van der Waals surface area contributed by atoms with Crippen LogP contribution in [0.1, 0.15) is 21.6 Å². The van der Waals surface area contributed by atoms with Crippen LogP contribution in [0.5, 0.6) is 11.5 Å². The molecule has 88 valence electrons. The van der Waals surface area contributed by atoms with Crippen molar-refractivity contribution in [1.82, 2.24) is 0 Å². The van der Waals surface area contributed by atoms with Crippen molar-refractivity contribution in [3.8, 4) is 11.5 Å². The van der Waals surface area contributed by atoms with E-state index in [9.17, 15) is 0 Å². The number of rotatable bonds is 3. The predicted molar refractivity (Wildman–Crippen MR) is 61.4 cm³/mol. The highest BCUT2D eigenvalue weighted by Crippen LogP contribution is 2.29. The number of hydrogen-bond donors (Lipinski definition) is 0. The predicted octanol–water partition coefficient (Wildman–Crippen LogP) is 0.105. The molecule has 0 bridgehead atoms. The quantitative estimate of drug-likeness (QED) is 0.704. The van der Waals surface area contributed by atoms with Crippen LogP contribution in [0.3, 0.4) is 0 Å². The molecule has 3 rings (SSSR count). The molecule has 2 aromatic rings. The topological polar surface area (TPSA) is 13.1 Å². The second-order valence-electron chi connectivity index (χ2n) is 3.97. The Morgan fingerprint density at radius 1 is 1.00 bits per heavy atom. The van der Waals surface area contributed by atoms with Gasteiger partial charge in [-0.05, 0) is 12.1 Å². The molecule has 0 saturated heterocycles. The van der Waals surface area contributed by atoms with Gasteiger partial charge in [0.05, 0.1) is 0 Å². The Morgan fingerprint density at radius 2 is 1.59 bits per heavy atom. The lowest BCUT2D eigenvalue weighted by Crippen LogP contribution is -3.00. The Balaban J connectivity index is 0.00000133. The van der Waals surface area contributed by atoms with Gasteiger partial charge in [0, 0.05) is 25.0 Å². The number of halogens is 1. The Hall–Kier alpha value is -1.54. The fourth-order valence-corrected chi connectivity index (χ4v) is 1.57. The van der Waals surface area contributed by atoms with Crippen molar-refractivity contribution in [2.45, 2.75) is 18.9 Å². The number of benzene rings is 1. The Kier molecular flexibility index (Phi) is 2.90. The fraction of sp³-hybridized carbons (Fsp3) is 0.214. The van der Waals surface area contributed by atoms with Crippen LogP contribution in [0.15, 0.2) is 54.8 Å². The van der Waals surface area contributed by atoms with Gasteiger partial charge in [0.1, 0.15) is 14.2 Å². The van der Waals surface area contributed by atoms with Gasteiger partial charge in [-0.15, -0.1) is 0 Å². The minimum Gasteiger partial charge on any atom is -1.00 e. The second kappa shape index (κ2) is 5.19. The van der Waals surface area contributed by atoms with Crippen molar-refractivity contribution in [1.29, 1.82) is 0 Å². The normalized spacial score (nSPS) is 15.5. The van der Waals surface area contributed by atoms with Crippen LogP contribution in [0.4, 0.5) is 0 Å². The monoisotopic (exact) mass is 249 g/mol. The first kappa shape index (κ1) is 9.49. The van der Waals surface area contributed by atoms with E-state index in [-0.39, 0.29) is 12.4 Å². The van der Waals surface area contributed by atoms with E-state index in [0.717, 1.165) is 18.6 Å². The molecule has 1 saturated carbocycles. The molecule has 1 aromatic heterocycles. The molecule has 0 aliphatic heterocycles. The third-order valence-electron chi connectivity index (χ3n) is 2.58. The number of aromatic nitrogens is 1. The smallest absolute Gasteiger partial charge is 0.172 e. The summed E-state index contributed by atoms with van der Waals surface area (Å²) in [5, 5.41) is 0. The highest BCUT2D eigenvalue weighted by Gasteiger charge is 2.30. The lowest BCUT2D eigenvalue weighted by atomic mass is 10.3. The van der Waals surface area contributed by atoms with Gasteiger partial charge in [-0.25, -0.2) is 4.57 Å². The van der Waals surface area contributed by atoms with Crippen LogP contribution in [0.2, 0.25) is 0 Å². The van der Waals surface area contributed by atoms with Gasteiger partial charge in [-0.2, -0.15) is 0 Å². The third-order valence-corrected chi connectivity index (χ3v) is 2.58. The van der Waals surface area contributed by atoms with E-state index >= 15 is 0 Å². The molecule has 0 spiro atoms. The minimum absolute atomic E-state index is 0. The molecule has 1 aromatic carbocycles. The Labute approximate surface area is 110 Å². The molecule has 1 aliphatic carbocycles. The van der Waals surface area contributed by atoms with Crippen LogP contribution < -0.4 is 21.7 Å². The molecular weight excluding hydrogens is 234 g/mol. The molecule has 17 heavy (non-hydrogen) atoms. The van der Waals surface area contributed by atoms with Crippen LogP contribution in [0.25, 0.3) is 0 Å². The van der Waals surface area contributed by atoms with Gasteiger partial charge in [-0.1, -0.05) is 18.2 Å². The number of pyridine rings is 1. The van der Waals surface area contributed by atoms with Gasteiger partial charge in [0.15, 0.2) is 18.4 Å². The summed E-state index contributed by atoms with van der Waals surface area (Å²) < 4.78 is 23.3. The summed E-state index contributed by atoms with van der Waals surface area (Å²) in [6.45, 7) is 0. The summed E-state index contributed by atoms with van der Waals surface area (Å²) in [6.07, 6.45) is 2.83. The van der Waals surface area contributed by atoms with Crippen molar-refractivity contribution >= 4 is 0 Å².